The third-order valence-electron chi connectivity index (χ3n) is 4.88. The number of carbonyl (C=O) groups is 3. The molecule has 0 aliphatic carbocycles. The molecule has 0 fully saturated rings. The van der Waals surface area contributed by atoms with Crippen molar-refractivity contribution >= 4 is 29.7 Å². The Morgan fingerprint density at radius 2 is 1.47 bits per heavy atom. The number of hydrogen-bond donors (Lipinski definition) is 3. The van der Waals surface area contributed by atoms with E-state index in [-0.39, 0.29) is 28.5 Å². The molecule has 3 aromatic carbocycles. The molecule has 0 atom stereocenters. The monoisotopic (exact) mass is 461 g/mol. The molecular weight excluding hydrogens is 438 g/mol. The highest BCUT2D eigenvalue weighted by atomic mass is 16.5. The average Bonchev–Trinajstić information content (AvgIpc) is 2.84. The van der Waals surface area contributed by atoms with Gasteiger partial charge in [0.1, 0.15) is 5.56 Å². The van der Waals surface area contributed by atoms with E-state index in [1.54, 1.807) is 24.3 Å². The van der Waals surface area contributed by atoms with Crippen LogP contribution < -0.4 is 20.2 Å². The zero-order valence-corrected chi connectivity index (χ0v) is 18.8. The molecule has 0 saturated heterocycles. The van der Waals surface area contributed by atoms with E-state index in [9.17, 15) is 19.5 Å². The molecule has 0 unspecified atom stereocenters. The lowest BCUT2D eigenvalue weighted by molar-refractivity contribution is 0.0692. The van der Waals surface area contributed by atoms with Crippen molar-refractivity contribution in [3.05, 3.63) is 88.5 Å². The molecule has 9 heteroatoms. The quantitative estimate of drug-likeness (QED) is 0.347. The van der Waals surface area contributed by atoms with Gasteiger partial charge in [-0.05, 0) is 55.5 Å². The molecule has 174 valence electrons. The van der Waals surface area contributed by atoms with Gasteiger partial charge in [0.25, 0.3) is 11.8 Å². The number of carboxylic acids is 1. The summed E-state index contributed by atoms with van der Waals surface area (Å²) in [4.78, 5) is 36.4. The van der Waals surface area contributed by atoms with Crippen LogP contribution in [0.5, 0.6) is 11.5 Å². The average molecular weight is 461 g/mol. The van der Waals surface area contributed by atoms with Crippen molar-refractivity contribution < 1.29 is 29.0 Å². The Hall–Kier alpha value is -4.66. The van der Waals surface area contributed by atoms with Gasteiger partial charge in [0.15, 0.2) is 11.5 Å². The first-order chi connectivity index (χ1) is 16.3. The molecule has 0 aliphatic heterocycles. The number of carboxylic acid groups (broad SMARTS) is 1. The summed E-state index contributed by atoms with van der Waals surface area (Å²) in [5, 5.41) is 16.2. The second-order valence-corrected chi connectivity index (χ2v) is 7.17. The minimum atomic E-state index is -1.23. The van der Waals surface area contributed by atoms with E-state index in [0.29, 0.717) is 16.8 Å². The first-order valence-corrected chi connectivity index (χ1v) is 10.1. The van der Waals surface area contributed by atoms with Gasteiger partial charge in [-0.25, -0.2) is 10.2 Å². The van der Waals surface area contributed by atoms with E-state index in [1.165, 1.54) is 44.7 Å². The number of aryl methyl sites for hydroxylation is 1. The largest absolute Gasteiger partial charge is 0.493 e. The fourth-order valence-corrected chi connectivity index (χ4v) is 3.11. The van der Waals surface area contributed by atoms with Gasteiger partial charge in [0, 0.05) is 22.4 Å². The van der Waals surface area contributed by atoms with E-state index < -0.39 is 11.9 Å². The highest BCUT2D eigenvalue weighted by Gasteiger charge is 2.20. The van der Waals surface area contributed by atoms with Gasteiger partial charge in [-0.3, -0.25) is 9.59 Å². The lowest BCUT2D eigenvalue weighted by Crippen LogP contribution is -2.18. The maximum atomic E-state index is 12.4. The van der Waals surface area contributed by atoms with Crippen molar-refractivity contribution in [2.24, 2.45) is 5.10 Å². The molecule has 3 rings (SSSR count). The van der Waals surface area contributed by atoms with Crippen LogP contribution in [0.4, 0.5) is 5.69 Å². The maximum absolute atomic E-state index is 12.4. The Morgan fingerprint density at radius 3 is 2.06 bits per heavy atom. The van der Waals surface area contributed by atoms with Crippen LogP contribution in [-0.2, 0) is 0 Å². The van der Waals surface area contributed by atoms with Crippen LogP contribution >= 0.6 is 0 Å². The lowest BCUT2D eigenvalue weighted by Gasteiger charge is -2.12. The summed E-state index contributed by atoms with van der Waals surface area (Å²) in [6.45, 7) is 1.94. The topological polar surface area (TPSA) is 126 Å². The number of hydrazone groups is 1. The maximum Gasteiger partial charge on any atom is 0.340 e. The van der Waals surface area contributed by atoms with Gasteiger partial charge in [0.2, 0.25) is 0 Å². The summed E-state index contributed by atoms with van der Waals surface area (Å²) in [6.07, 6.45) is 1.21. The second kappa shape index (κ2) is 10.8. The van der Waals surface area contributed by atoms with Gasteiger partial charge in [0.05, 0.1) is 20.4 Å². The van der Waals surface area contributed by atoms with Gasteiger partial charge in [-0.1, -0.05) is 17.7 Å². The molecule has 9 nitrogen and oxygen atoms in total. The van der Waals surface area contributed by atoms with E-state index in [0.717, 1.165) is 5.56 Å². The van der Waals surface area contributed by atoms with Crippen molar-refractivity contribution in [2.45, 2.75) is 6.92 Å². The van der Waals surface area contributed by atoms with Crippen LogP contribution in [-0.4, -0.2) is 43.3 Å². The number of ether oxygens (including phenoxy) is 2. The van der Waals surface area contributed by atoms with Crippen LogP contribution in [0, 0.1) is 6.92 Å². The molecule has 0 saturated carbocycles. The second-order valence-electron chi connectivity index (χ2n) is 7.17. The van der Waals surface area contributed by atoms with E-state index in [1.807, 2.05) is 19.1 Å². The number of hydrogen-bond acceptors (Lipinski definition) is 6. The van der Waals surface area contributed by atoms with Crippen LogP contribution in [0.25, 0.3) is 0 Å². The third-order valence-corrected chi connectivity index (χ3v) is 4.88. The number of nitrogens with zero attached hydrogens (tertiary/aromatic N) is 1. The molecule has 0 spiro atoms. The highest BCUT2D eigenvalue weighted by molar-refractivity contribution is 6.05. The molecule has 3 N–H and O–H groups in total. The summed E-state index contributed by atoms with van der Waals surface area (Å²) < 4.78 is 10.3. The van der Waals surface area contributed by atoms with Gasteiger partial charge < -0.3 is 19.9 Å². The molecule has 0 aromatic heterocycles. The van der Waals surface area contributed by atoms with Crippen LogP contribution in [0.15, 0.2) is 65.8 Å². The van der Waals surface area contributed by atoms with E-state index >= 15 is 0 Å². The standard InChI is InChI=1S/C25H23N3O6/c1-15-4-6-16(7-5-15)23(29)27-19-11-8-17(9-12-19)24(30)28-26-14-18-10-13-20(33-2)22(34-3)21(18)25(31)32/h4-14H,1-3H3,(H,27,29)(H,28,30)(H,31,32)/b26-14+. The molecule has 2 amide bonds. The Bertz CT molecular complexity index is 1230. The Balaban J connectivity index is 1.67. The van der Waals surface area contributed by atoms with Crippen LogP contribution in [0.1, 0.15) is 42.2 Å². The van der Waals surface area contributed by atoms with Crippen molar-refractivity contribution in [1.82, 2.24) is 5.43 Å². The Labute approximate surface area is 196 Å². The summed E-state index contributed by atoms with van der Waals surface area (Å²) in [5.74, 6) is -1.69. The molecular formula is C25H23N3O6. The fraction of sp³-hybridized carbons (Fsp3) is 0.120. The van der Waals surface area contributed by atoms with Gasteiger partial charge in [-0.15, -0.1) is 0 Å². The zero-order chi connectivity index (χ0) is 24.7. The fourth-order valence-electron chi connectivity index (χ4n) is 3.11. The first kappa shape index (κ1) is 24.0. The molecule has 34 heavy (non-hydrogen) atoms. The predicted molar refractivity (Wildman–Crippen MR) is 127 cm³/mol. The van der Waals surface area contributed by atoms with E-state index in [4.69, 9.17) is 9.47 Å². The number of methoxy groups -OCH3 is 2. The summed E-state index contributed by atoms with van der Waals surface area (Å²) in [5.41, 5.74) is 4.84. The predicted octanol–water partition coefficient (Wildman–Crippen LogP) is 3.73. The van der Waals surface area contributed by atoms with Gasteiger partial charge >= 0.3 is 5.97 Å². The molecule has 3 aromatic rings. The van der Waals surface area contributed by atoms with Gasteiger partial charge in [-0.2, -0.15) is 5.10 Å². The summed E-state index contributed by atoms with van der Waals surface area (Å²) >= 11 is 0. The van der Waals surface area contributed by atoms with Crippen molar-refractivity contribution in [1.29, 1.82) is 0 Å². The molecule has 0 aliphatic rings. The van der Waals surface area contributed by atoms with Crippen LogP contribution in [0.3, 0.4) is 0 Å². The summed E-state index contributed by atoms with van der Waals surface area (Å²) in [7, 11) is 2.73. The minimum absolute atomic E-state index is 0.0496. The molecule has 0 bridgehead atoms. The zero-order valence-electron chi connectivity index (χ0n) is 18.8. The lowest BCUT2D eigenvalue weighted by atomic mass is 10.1. The molecule has 0 heterocycles. The third kappa shape index (κ3) is 5.57. The van der Waals surface area contributed by atoms with Crippen molar-refractivity contribution in [2.75, 3.05) is 19.5 Å². The Kier molecular flexibility index (Phi) is 7.60. The van der Waals surface area contributed by atoms with E-state index in [2.05, 4.69) is 15.8 Å². The van der Waals surface area contributed by atoms with Crippen molar-refractivity contribution in [3.8, 4) is 11.5 Å². The SMILES string of the molecule is COc1ccc(/C=N/NC(=O)c2ccc(NC(=O)c3ccc(C)cc3)cc2)c(C(=O)O)c1OC. The number of anilines is 1. The molecule has 0 radical (unpaired) electrons. The number of amides is 2. The number of nitrogens with one attached hydrogen (secondary N) is 2. The minimum Gasteiger partial charge on any atom is -0.493 e. The number of benzene rings is 3. The number of carbonyl (C=O) groups excluding carboxylic acids is 2. The highest BCUT2D eigenvalue weighted by Crippen LogP contribution is 2.32. The summed E-state index contributed by atoms with van der Waals surface area (Å²) in [6, 6.07) is 16.5. The number of aromatic carboxylic acids is 1. The Morgan fingerprint density at radius 1 is 0.853 bits per heavy atom. The van der Waals surface area contributed by atoms with Crippen LogP contribution in [0.2, 0.25) is 0 Å². The van der Waals surface area contributed by atoms with Crippen molar-refractivity contribution in [3.63, 3.8) is 0 Å². The number of rotatable bonds is 8. The normalized spacial score (nSPS) is 10.6. The smallest absolute Gasteiger partial charge is 0.340 e. The first-order valence-electron chi connectivity index (χ1n) is 10.1.